The van der Waals surface area contributed by atoms with Crippen molar-refractivity contribution in [3.05, 3.63) is 94.7 Å². The molecule has 0 amide bonds. The van der Waals surface area contributed by atoms with Crippen LogP contribution in [0.2, 0.25) is 0 Å². The molecule has 0 radical (unpaired) electrons. The lowest BCUT2D eigenvalue weighted by Gasteiger charge is -2.25. The maximum Gasteiger partial charge on any atom is 0.338 e. The average Bonchev–Trinajstić information content (AvgIpc) is 3.13. The average molecular weight is 495 g/mol. The third kappa shape index (κ3) is 4.33. The first kappa shape index (κ1) is 23.9. The van der Waals surface area contributed by atoms with Crippen molar-refractivity contribution in [2.75, 3.05) is 13.7 Å². The number of ether oxygens (including phenoxy) is 2. The van der Waals surface area contributed by atoms with Gasteiger partial charge in [-0.15, -0.1) is 0 Å². The number of hydrogen-bond donors (Lipinski definition) is 0. The lowest BCUT2D eigenvalue weighted by atomic mass is 9.95. The van der Waals surface area contributed by atoms with Gasteiger partial charge in [0.05, 0.1) is 34.4 Å². The zero-order valence-electron chi connectivity index (χ0n) is 19.0. The molecule has 35 heavy (non-hydrogen) atoms. The molecule has 2 aromatic carbocycles. The summed E-state index contributed by atoms with van der Waals surface area (Å²) < 4.78 is 12.4. The molecule has 180 valence electrons. The van der Waals surface area contributed by atoms with Gasteiger partial charge in [0.2, 0.25) is 0 Å². The van der Waals surface area contributed by atoms with Gasteiger partial charge in [0.1, 0.15) is 11.8 Å². The number of carbonyl (C=O) groups is 1. The van der Waals surface area contributed by atoms with Crippen LogP contribution >= 0.6 is 11.3 Å². The van der Waals surface area contributed by atoms with Crippen LogP contribution in [0.5, 0.6) is 11.5 Å². The lowest BCUT2D eigenvalue weighted by Crippen LogP contribution is -2.40. The summed E-state index contributed by atoms with van der Waals surface area (Å²) in [5.41, 5.74) is 0.468. The van der Waals surface area contributed by atoms with Crippen LogP contribution in [-0.2, 0) is 9.53 Å². The van der Waals surface area contributed by atoms with Crippen LogP contribution < -0.4 is 24.7 Å². The van der Waals surface area contributed by atoms with Crippen LogP contribution in [0.1, 0.15) is 31.0 Å². The van der Waals surface area contributed by atoms with Gasteiger partial charge in [-0.05, 0) is 37.3 Å². The molecule has 0 saturated carbocycles. The van der Waals surface area contributed by atoms with E-state index in [0.717, 1.165) is 23.5 Å². The largest absolute Gasteiger partial charge is 0.868 e. The topological polar surface area (TPSA) is 136 Å². The Bertz CT molecular complexity index is 1550. The van der Waals surface area contributed by atoms with E-state index >= 15 is 0 Å². The molecule has 11 heteroatoms. The third-order valence-electron chi connectivity index (χ3n) is 5.43. The van der Waals surface area contributed by atoms with E-state index < -0.39 is 33.9 Å². The van der Waals surface area contributed by atoms with Gasteiger partial charge in [-0.1, -0.05) is 41.7 Å². The molecule has 2 heterocycles. The van der Waals surface area contributed by atoms with Crippen LogP contribution in [-0.4, -0.2) is 29.2 Å². The highest BCUT2D eigenvalue weighted by molar-refractivity contribution is 7.07. The third-order valence-corrected chi connectivity index (χ3v) is 6.41. The SMILES string of the molecule is CCOC(=O)C1=C(C)N=c2s/c(=C\c3ccc([O-])c([N+](=O)[O-])c3)c(=O)n2[C@H]1c1ccccc1OC. The molecular weight excluding hydrogens is 474 g/mol. The van der Waals surface area contributed by atoms with Crippen molar-refractivity contribution in [3.8, 4) is 11.5 Å². The summed E-state index contributed by atoms with van der Waals surface area (Å²) in [7, 11) is 1.50. The summed E-state index contributed by atoms with van der Waals surface area (Å²) in [5.74, 6) is -0.842. The Hall–Kier alpha value is -4.25. The first-order valence-corrected chi connectivity index (χ1v) is 11.4. The Kier molecular flexibility index (Phi) is 6.52. The molecule has 1 aliphatic rings. The Balaban J connectivity index is 1.98. The van der Waals surface area contributed by atoms with Gasteiger partial charge >= 0.3 is 5.97 Å². The van der Waals surface area contributed by atoms with E-state index in [1.807, 2.05) is 0 Å². The predicted octanol–water partition coefficient (Wildman–Crippen LogP) is 1.79. The summed E-state index contributed by atoms with van der Waals surface area (Å²) in [6, 6.07) is 9.79. The van der Waals surface area contributed by atoms with Crippen molar-refractivity contribution in [3.63, 3.8) is 0 Å². The second kappa shape index (κ2) is 9.55. The van der Waals surface area contributed by atoms with E-state index in [1.54, 1.807) is 38.1 Å². The highest BCUT2D eigenvalue weighted by Gasteiger charge is 2.34. The fraction of sp³-hybridized carbons (Fsp3) is 0.208. The Morgan fingerprint density at radius 2 is 2.03 bits per heavy atom. The van der Waals surface area contributed by atoms with Crippen molar-refractivity contribution in [1.29, 1.82) is 0 Å². The molecule has 0 spiro atoms. The second-order valence-electron chi connectivity index (χ2n) is 7.53. The number of nitro benzene ring substituents is 1. The fourth-order valence-electron chi connectivity index (χ4n) is 3.90. The van der Waals surface area contributed by atoms with Crippen LogP contribution in [0.4, 0.5) is 5.69 Å². The quantitative estimate of drug-likeness (QED) is 0.289. The zero-order chi connectivity index (χ0) is 25.3. The van der Waals surface area contributed by atoms with Crippen LogP contribution in [0.3, 0.4) is 0 Å². The molecular formula is C24H20N3O7S-. The number of hydrogen-bond acceptors (Lipinski definition) is 9. The number of carbonyl (C=O) groups excluding carboxylic acids is 1. The van der Waals surface area contributed by atoms with Crippen molar-refractivity contribution in [2.45, 2.75) is 19.9 Å². The van der Waals surface area contributed by atoms with E-state index in [0.29, 0.717) is 27.4 Å². The van der Waals surface area contributed by atoms with Gasteiger partial charge in [-0.25, -0.2) is 9.79 Å². The number of thiazole rings is 1. The Morgan fingerprint density at radius 1 is 1.29 bits per heavy atom. The van der Waals surface area contributed by atoms with Crippen molar-refractivity contribution in [2.24, 2.45) is 4.99 Å². The first-order chi connectivity index (χ1) is 16.8. The summed E-state index contributed by atoms with van der Waals surface area (Å²) in [4.78, 5) is 41.8. The van der Waals surface area contributed by atoms with Gasteiger partial charge in [0.15, 0.2) is 4.80 Å². The van der Waals surface area contributed by atoms with Gasteiger partial charge in [-0.2, -0.15) is 0 Å². The fourth-order valence-corrected chi connectivity index (χ4v) is 4.94. The molecule has 1 aromatic heterocycles. The minimum absolute atomic E-state index is 0.146. The number of nitrogens with zero attached hydrogens (tertiary/aromatic N) is 3. The molecule has 3 aromatic rings. The molecule has 0 saturated heterocycles. The summed E-state index contributed by atoms with van der Waals surface area (Å²) >= 11 is 1.07. The second-order valence-corrected chi connectivity index (χ2v) is 8.54. The van der Waals surface area contributed by atoms with Gasteiger partial charge < -0.3 is 14.6 Å². The van der Waals surface area contributed by atoms with E-state index in [1.165, 1.54) is 23.8 Å². The molecule has 0 fully saturated rings. The first-order valence-electron chi connectivity index (χ1n) is 10.5. The number of esters is 1. The number of aromatic nitrogens is 1. The van der Waals surface area contributed by atoms with Gasteiger partial charge in [0.25, 0.3) is 11.2 Å². The predicted molar refractivity (Wildman–Crippen MR) is 126 cm³/mol. The minimum atomic E-state index is -0.859. The van der Waals surface area contributed by atoms with Crippen molar-refractivity contribution in [1.82, 2.24) is 4.57 Å². The molecule has 0 bridgehead atoms. The normalized spacial score (nSPS) is 15.4. The number of allylic oxidation sites excluding steroid dienone is 1. The van der Waals surface area contributed by atoms with Crippen LogP contribution in [0.15, 0.2) is 63.5 Å². The number of rotatable bonds is 6. The maximum absolute atomic E-state index is 13.6. The number of fused-ring (bicyclic) bond motifs is 1. The lowest BCUT2D eigenvalue weighted by molar-refractivity contribution is -0.398. The number of benzene rings is 2. The maximum atomic E-state index is 13.6. The smallest absolute Gasteiger partial charge is 0.338 e. The van der Waals surface area contributed by atoms with E-state index in [9.17, 15) is 24.8 Å². The zero-order valence-corrected chi connectivity index (χ0v) is 19.8. The number of methoxy groups -OCH3 is 1. The van der Waals surface area contributed by atoms with Crippen LogP contribution in [0.25, 0.3) is 6.08 Å². The molecule has 0 N–H and O–H groups in total. The van der Waals surface area contributed by atoms with Crippen molar-refractivity contribution >= 4 is 29.1 Å². The molecule has 0 unspecified atom stereocenters. The molecule has 4 rings (SSSR count). The van der Waals surface area contributed by atoms with Crippen molar-refractivity contribution < 1.29 is 24.3 Å². The molecule has 0 aliphatic carbocycles. The standard InChI is InChI=1S/C24H21N3O7S/c1-4-34-23(30)20-13(2)25-24-26(21(20)15-7-5-6-8-18(15)33-3)22(29)19(35-24)12-14-9-10-17(28)16(11-14)27(31)32/h5-12,21,28H,4H2,1-3H3/p-1/b19-12-/t21-/m0/s1. The highest BCUT2D eigenvalue weighted by Crippen LogP contribution is 2.35. The van der Waals surface area contributed by atoms with Gasteiger partial charge in [-0.3, -0.25) is 19.5 Å². The van der Waals surface area contributed by atoms with E-state index in [-0.39, 0.29) is 16.7 Å². The monoisotopic (exact) mass is 494 g/mol. The highest BCUT2D eigenvalue weighted by atomic mass is 32.1. The van der Waals surface area contributed by atoms with E-state index in [4.69, 9.17) is 9.47 Å². The molecule has 1 atom stereocenters. The van der Waals surface area contributed by atoms with Gasteiger partial charge in [0, 0.05) is 11.6 Å². The summed E-state index contributed by atoms with van der Waals surface area (Å²) in [5, 5.41) is 22.9. The number of para-hydroxylation sites is 1. The Labute approximate surface area is 202 Å². The summed E-state index contributed by atoms with van der Waals surface area (Å²) in [6.07, 6.45) is 1.46. The van der Waals surface area contributed by atoms with E-state index in [2.05, 4.69) is 4.99 Å². The Morgan fingerprint density at radius 3 is 2.71 bits per heavy atom. The van der Waals surface area contributed by atoms with Crippen LogP contribution in [0, 0.1) is 10.1 Å². The molecule has 1 aliphatic heterocycles. The number of nitro groups is 1. The molecule has 10 nitrogen and oxygen atoms in total. The summed E-state index contributed by atoms with van der Waals surface area (Å²) in [6.45, 7) is 3.50. The minimum Gasteiger partial charge on any atom is -0.868 e.